The van der Waals surface area contributed by atoms with Gasteiger partial charge in [-0.1, -0.05) is 24.3 Å². The van der Waals surface area contributed by atoms with Crippen LogP contribution in [0.3, 0.4) is 0 Å². The minimum absolute atomic E-state index is 0.188. The molecule has 160 valence electrons. The van der Waals surface area contributed by atoms with E-state index in [1.54, 1.807) is 20.0 Å². The molecular weight excluding hydrogens is 395 g/mol. The zero-order chi connectivity index (χ0) is 22.2. The van der Waals surface area contributed by atoms with Crippen LogP contribution in [0, 0.1) is 12.7 Å². The van der Waals surface area contributed by atoms with Gasteiger partial charge in [0.25, 0.3) is 0 Å². The van der Waals surface area contributed by atoms with E-state index < -0.39 is 11.0 Å². The number of carbonyl (C=O) groups excluding carboxylic acids is 1. The van der Waals surface area contributed by atoms with Crippen LogP contribution in [-0.2, 0) is 20.5 Å². The smallest absolute Gasteiger partial charge is 0.239 e. The minimum atomic E-state index is -1.01. The van der Waals surface area contributed by atoms with Gasteiger partial charge in [-0.3, -0.25) is 9.78 Å². The van der Waals surface area contributed by atoms with Crippen molar-refractivity contribution in [1.29, 1.82) is 0 Å². The molecule has 1 aromatic heterocycles. The van der Waals surface area contributed by atoms with Crippen molar-refractivity contribution in [3.63, 3.8) is 0 Å². The Balaban J connectivity index is 1.63. The van der Waals surface area contributed by atoms with Crippen LogP contribution in [0.2, 0.25) is 0 Å². The van der Waals surface area contributed by atoms with Gasteiger partial charge in [-0.15, -0.1) is 0 Å². The number of aromatic nitrogens is 1. The number of anilines is 1. The third-order valence-electron chi connectivity index (χ3n) is 5.68. The van der Waals surface area contributed by atoms with Crippen LogP contribution in [0.25, 0.3) is 11.1 Å². The van der Waals surface area contributed by atoms with E-state index in [4.69, 9.17) is 4.74 Å². The highest BCUT2D eigenvalue weighted by Gasteiger charge is 2.47. The first-order chi connectivity index (χ1) is 14.7. The van der Waals surface area contributed by atoms with Crippen molar-refractivity contribution in [2.24, 2.45) is 0 Å². The summed E-state index contributed by atoms with van der Waals surface area (Å²) in [6.07, 6.45) is 1.76. The van der Waals surface area contributed by atoms with E-state index in [1.165, 1.54) is 24.3 Å². The Bertz CT molecular complexity index is 1100. The summed E-state index contributed by atoms with van der Waals surface area (Å²) < 4.78 is 18.5. The van der Waals surface area contributed by atoms with Gasteiger partial charge in [-0.25, -0.2) is 4.39 Å². The average molecular weight is 420 g/mol. The third-order valence-corrected chi connectivity index (χ3v) is 5.68. The normalized spacial score (nSPS) is 15.3. The summed E-state index contributed by atoms with van der Waals surface area (Å²) in [5.74, 6) is -0.543. The Kier molecular flexibility index (Phi) is 5.37. The second-order valence-corrected chi connectivity index (χ2v) is 8.54. The van der Waals surface area contributed by atoms with Crippen molar-refractivity contribution in [2.45, 2.75) is 31.8 Å². The molecule has 0 unspecified atom stereocenters. The molecular formula is C25H25FN2O3. The van der Waals surface area contributed by atoms with Crippen LogP contribution in [0.15, 0.2) is 60.8 Å². The monoisotopic (exact) mass is 420 g/mol. The number of ether oxygens (including phenoxy) is 1. The van der Waals surface area contributed by atoms with Gasteiger partial charge in [-0.2, -0.15) is 0 Å². The highest BCUT2D eigenvalue weighted by molar-refractivity contribution is 6.00. The van der Waals surface area contributed by atoms with Crippen molar-refractivity contribution in [2.75, 3.05) is 18.5 Å². The van der Waals surface area contributed by atoms with Crippen LogP contribution >= 0.6 is 0 Å². The molecule has 3 aromatic rings. The summed E-state index contributed by atoms with van der Waals surface area (Å²) in [5, 5.41) is 13.5. The van der Waals surface area contributed by atoms with E-state index in [-0.39, 0.29) is 24.9 Å². The van der Waals surface area contributed by atoms with E-state index in [0.29, 0.717) is 5.69 Å². The molecule has 1 aliphatic rings. The van der Waals surface area contributed by atoms with Gasteiger partial charge in [0, 0.05) is 23.1 Å². The van der Waals surface area contributed by atoms with Gasteiger partial charge >= 0.3 is 0 Å². The third kappa shape index (κ3) is 4.09. The summed E-state index contributed by atoms with van der Waals surface area (Å²) in [4.78, 5) is 17.4. The SMILES string of the molecule is Cc1cc(C(C)(C)O)c(-c2ccc(C3(C(=O)Nc4ccc(F)cc4)COC3)cc2)cn1. The number of hydrogen-bond donors (Lipinski definition) is 2. The van der Waals surface area contributed by atoms with E-state index >= 15 is 0 Å². The molecule has 5 nitrogen and oxygen atoms in total. The molecule has 1 aliphatic heterocycles. The number of halogens is 1. The van der Waals surface area contributed by atoms with Crippen molar-refractivity contribution < 1.29 is 19.0 Å². The number of hydrogen-bond acceptors (Lipinski definition) is 4. The molecule has 0 spiro atoms. The van der Waals surface area contributed by atoms with Crippen LogP contribution in [0.1, 0.15) is 30.7 Å². The Labute approximate surface area is 180 Å². The summed E-state index contributed by atoms with van der Waals surface area (Å²) in [6, 6.07) is 15.3. The molecule has 6 heteroatoms. The minimum Gasteiger partial charge on any atom is -0.386 e. The summed E-state index contributed by atoms with van der Waals surface area (Å²) in [5.41, 5.74) is 2.95. The number of pyridine rings is 1. The number of amides is 1. The Morgan fingerprint density at radius 3 is 2.32 bits per heavy atom. The lowest BCUT2D eigenvalue weighted by molar-refractivity contribution is -0.139. The predicted octanol–water partition coefficient (Wildman–Crippen LogP) is 4.33. The number of aryl methyl sites for hydroxylation is 1. The van der Waals surface area contributed by atoms with Gasteiger partial charge in [0.05, 0.1) is 18.8 Å². The first kappa shape index (κ1) is 21.2. The Morgan fingerprint density at radius 2 is 1.77 bits per heavy atom. The number of aliphatic hydroxyl groups is 1. The molecule has 2 aromatic carbocycles. The highest BCUT2D eigenvalue weighted by atomic mass is 19.1. The molecule has 0 aliphatic carbocycles. The maximum Gasteiger partial charge on any atom is 0.239 e. The van der Waals surface area contributed by atoms with Crippen LogP contribution in [-0.4, -0.2) is 29.2 Å². The standard InChI is InChI=1S/C25H25FN2O3/c1-16-12-22(24(2,3)30)21(13-27-16)17-4-6-18(7-5-17)25(14-31-15-25)23(29)28-20-10-8-19(26)9-11-20/h4-13,30H,14-15H2,1-3H3,(H,28,29). The Morgan fingerprint density at radius 1 is 1.13 bits per heavy atom. The molecule has 31 heavy (non-hydrogen) atoms. The van der Waals surface area contributed by atoms with E-state index in [9.17, 15) is 14.3 Å². The van der Waals surface area contributed by atoms with Crippen molar-refractivity contribution in [1.82, 2.24) is 4.98 Å². The quantitative estimate of drug-likeness (QED) is 0.645. The maximum absolute atomic E-state index is 13.1. The van der Waals surface area contributed by atoms with E-state index in [2.05, 4.69) is 10.3 Å². The van der Waals surface area contributed by atoms with Crippen LogP contribution < -0.4 is 5.32 Å². The molecule has 0 radical (unpaired) electrons. The molecule has 0 bridgehead atoms. The lowest BCUT2D eigenvalue weighted by atomic mass is 9.77. The fourth-order valence-electron chi connectivity index (χ4n) is 3.78. The molecule has 1 amide bonds. The molecule has 4 rings (SSSR count). The zero-order valence-electron chi connectivity index (χ0n) is 17.8. The van der Waals surface area contributed by atoms with Gasteiger partial charge < -0.3 is 15.2 Å². The largest absolute Gasteiger partial charge is 0.386 e. The van der Waals surface area contributed by atoms with Crippen molar-refractivity contribution >= 4 is 11.6 Å². The molecule has 2 N–H and O–H groups in total. The fourth-order valence-corrected chi connectivity index (χ4v) is 3.78. The summed E-state index contributed by atoms with van der Waals surface area (Å²) in [6.45, 7) is 5.95. The first-order valence-corrected chi connectivity index (χ1v) is 10.1. The van der Waals surface area contributed by atoms with Gasteiger partial charge in [-0.05, 0) is 67.8 Å². The second-order valence-electron chi connectivity index (χ2n) is 8.54. The van der Waals surface area contributed by atoms with E-state index in [1.807, 2.05) is 37.3 Å². The topological polar surface area (TPSA) is 71.5 Å². The summed E-state index contributed by atoms with van der Waals surface area (Å²) >= 11 is 0. The van der Waals surface area contributed by atoms with Gasteiger partial charge in [0.1, 0.15) is 11.2 Å². The van der Waals surface area contributed by atoms with Gasteiger partial charge in [0.2, 0.25) is 5.91 Å². The molecule has 2 heterocycles. The molecule has 1 fully saturated rings. The number of nitrogens with one attached hydrogen (secondary N) is 1. The predicted molar refractivity (Wildman–Crippen MR) is 117 cm³/mol. The second kappa shape index (κ2) is 7.87. The van der Waals surface area contributed by atoms with E-state index in [0.717, 1.165) is 27.9 Å². The molecule has 0 atom stereocenters. The van der Waals surface area contributed by atoms with Gasteiger partial charge in [0.15, 0.2) is 0 Å². The lowest BCUT2D eigenvalue weighted by Crippen LogP contribution is -2.55. The first-order valence-electron chi connectivity index (χ1n) is 10.1. The maximum atomic E-state index is 13.1. The highest BCUT2D eigenvalue weighted by Crippen LogP contribution is 2.37. The average Bonchev–Trinajstić information content (AvgIpc) is 2.69. The zero-order valence-corrected chi connectivity index (χ0v) is 17.8. The molecule has 0 saturated carbocycles. The van der Waals surface area contributed by atoms with Crippen molar-refractivity contribution in [3.05, 3.63) is 83.4 Å². The summed E-state index contributed by atoms with van der Waals surface area (Å²) in [7, 11) is 0. The fraction of sp³-hybridized carbons (Fsp3) is 0.280. The molecule has 1 saturated heterocycles. The number of rotatable bonds is 5. The Hall–Kier alpha value is -3.09. The van der Waals surface area contributed by atoms with Crippen LogP contribution in [0.5, 0.6) is 0 Å². The van der Waals surface area contributed by atoms with Crippen molar-refractivity contribution in [3.8, 4) is 11.1 Å². The number of nitrogens with zero attached hydrogens (tertiary/aromatic N) is 1. The lowest BCUT2D eigenvalue weighted by Gasteiger charge is -2.40. The number of benzene rings is 2. The number of carbonyl (C=O) groups is 1. The van der Waals surface area contributed by atoms with Crippen LogP contribution in [0.4, 0.5) is 10.1 Å².